The fourth-order valence-corrected chi connectivity index (χ4v) is 0. The first kappa shape index (κ1) is 61.1. The minimum atomic E-state index is 0. The first-order valence-electron chi connectivity index (χ1n) is 0.689. The molecule has 0 saturated heterocycles. The van der Waals surface area contributed by atoms with Crippen LogP contribution < -0.4 is 0 Å². The maximum absolute atomic E-state index is 2.32. The van der Waals surface area contributed by atoms with Crippen molar-refractivity contribution in [2.75, 3.05) is 6.66 Å². The molecule has 0 fully saturated rings. The van der Waals surface area contributed by atoms with Crippen molar-refractivity contribution in [2.45, 2.75) is 37.1 Å². The Morgan fingerprint density at radius 1 is 0.875 bits per heavy atom. The largest absolute Gasteiger partial charge is 0.0776 e. The molecule has 0 bridgehead atoms. The molecule has 0 aromatic rings. The summed E-state index contributed by atoms with van der Waals surface area (Å²) < 4.78 is 0. The molecule has 0 aromatic carbocycles. The van der Waals surface area contributed by atoms with Crippen molar-refractivity contribution in [1.82, 2.24) is 0 Å². The van der Waals surface area contributed by atoms with E-state index in [2.05, 4.69) is 28.7 Å². The van der Waals surface area contributed by atoms with E-state index in [0.29, 0.717) is 0 Å². The van der Waals surface area contributed by atoms with E-state index in [1.165, 1.54) is 0 Å². The Kier molecular flexibility index (Phi) is 685. The number of rotatable bonds is 0. The molecule has 0 amide bonds. The summed E-state index contributed by atoms with van der Waals surface area (Å²) in [6.07, 6.45) is 1.05. The second kappa shape index (κ2) is 89.7. The van der Waals surface area contributed by atoms with Gasteiger partial charge in [0, 0.05) is 0 Å². The lowest BCUT2D eigenvalue weighted by atomic mass is 12.0. The van der Waals surface area contributed by atoms with Gasteiger partial charge in [-0.05, 0) is 6.66 Å². The second-order valence-corrected chi connectivity index (χ2v) is 3.80. The molecule has 0 spiro atoms. The third kappa shape index (κ3) is 202. The Hall–Kier alpha value is 1.16. The number of halogens is 1. The lowest BCUT2D eigenvalue weighted by Gasteiger charge is -1.47. The summed E-state index contributed by atoms with van der Waals surface area (Å²) in [6.45, 7) is 2.14. The summed E-state index contributed by atoms with van der Waals surface area (Å²) >= 11 is 2.32. The molecule has 0 aromatic heterocycles. The molecule has 0 aliphatic carbocycles. The molecule has 1 unspecified atom stereocenters. The smallest absolute Gasteiger partial charge is 0.0381 e. The monoisotopic (exact) mass is 254 g/mol. The molecule has 0 aliphatic heterocycles. The summed E-state index contributed by atoms with van der Waals surface area (Å²) in [5.74, 6) is 0. The van der Waals surface area contributed by atoms with Gasteiger partial charge in [0.2, 0.25) is 0 Å². The van der Waals surface area contributed by atoms with Gasteiger partial charge in [-0.15, -0.1) is 0 Å². The van der Waals surface area contributed by atoms with E-state index < -0.39 is 0 Å². The molecule has 1 atom stereocenters. The van der Waals surface area contributed by atoms with Crippen molar-refractivity contribution < 1.29 is 0 Å². The predicted octanol–water partition coefficient (Wildman–Crippen LogP) is 4.83. The molecule has 2 heteroatoms. The Labute approximate surface area is 72.1 Å². The van der Waals surface area contributed by atoms with Crippen molar-refractivity contribution in [2.24, 2.45) is 0 Å². The third-order valence-electron chi connectivity index (χ3n) is 0. The predicted molar refractivity (Wildman–Crippen MR) is 61.9 cm³/mol. The summed E-state index contributed by atoms with van der Waals surface area (Å²) in [4.78, 5) is 0. The van der Waals surface area contributed by atoms with Gasteiger partial charge in [-0.1, -0.05) is 65.4 Å². The molecular weight excluding hydrogens is 230 g/mol. The fourth-order valence-electron chi connectivity index (χ4n) is 0. The van der Waals surface area contributed by atoms with Gasteiger partial charge in [-0.25, -0.2) is 0 Å². The average molecular weight is 254 g/mol. The Morgan fingerprint density at radius 3 is 0.875 bits per heavy atom. The lowest BCUT2D eigenvalue weighted by molar-refractivity contribution is 2.50. The van der Waals surface area contributed by atoms with Gasteiger partial charge < -0.3 is 0 Å². The summed E-state index contributed by atoms with van der Waals surface area (Å²) in [5.41, 5.74) is 0. The maximum Gasteiger partial charge on any atom is -0.0381 e. The summed E-state index contributed by atoms with van der Waals surface area (Å²) in [5, 5.41) is 0. The van der Waals surface area contributed by atoms with Crippen molar-refractivity contribution in [3.8, 4) is 0 Å². The van der Waals surface area contributed by atoms with E-state index >= 15 is 0 Å². The number of hydrogen-bond acceptors (Lipinski definition) is 0. The topological polar surface area (TPSA) is 0 Å². The second-order valence-electron chi connectivity index (χ2n) is 0.189. The molecule has 0 radical (unpaired) electrons. The Bertz CT molecular complexity index is 8.49. The third-order valence-corrected chi connectivity index (χ3v) is 0. The van der Waals surface area contributed by atoms with E-state index in [1.54, 1.807) is 0 Å². The standard InChI is InChI=1S/CH4IP.5CH4/c1-3-2;;;;;/h3H,1H3;5*1H4. The van der Waals surface area contributed by atoms with E-state index in [-0.39, 0.29) is 37.1 Å². The first-order chi connectivity index (χ1) is 1.41. The highest BCUT2D eigenvalue weighted by Gasteiger charge is 1.36. The highest BCUT2D eigenvalue weighted by atomic mass is 127. The van der Waals surface area contributed by atoms with Crippen molar-refractivity contribution in [3.05, 3.63) is 0 Å². The molecule has 0 N–H and O–H groups in total. The summed E-state index contributed by atoms with van der Waals surface area (Å²) in [6, 6.07) is 0. The molecule has 0 heterocycles. The van der Waals surface area contributed by atoms with Crippen LogP contribution in [0.3, 0.4) is 0 Å². The first-order valence-corrected chi connectivity index (χ1v) is 5.30. The van der Waals surface area contributed by atoms with E-state index in [4.69, 9.17) is 0 Å². The molecule has 0 saturated carbocycles. The van der Waals surface area contributed by atoms with Crippen molar-refractivity contribution >= 4 is 28.3 Å². The Morgan fingerprint density at radius 2 is 0.875 bits per heavy atom. The highest BCUT2D eigenvalue weighted by molar-refractivity contribution is 14.2. The van der Waals surface area contributed by atoms with Crippen LogP contribution in [0.2, 0.25) is 0 Å². The van der Waals surface area contributed by atoms with Crippen molar-refractivity contribution in [3.63, 3.8) is 0 Å². The van der Waals surface area contributed by atoms with Crippen LogP contribution in [-0.2, 0) is 0 Å². The van der Waals surface area contributed by atoms with E-state index in [1.807, 2.05) is 0 Å². The van der Waals surface area contributed by atoms with Crippen LogP contribution in [0.15, 0.2) is 0 Å². The van der Waals surface area contributed by atoms with Crippen LogP contribution in [0.1, 0.15) is 37.1 Å². The molecule has 60 valence electrons. The lowest BCUT2D eigenvalue weighted by Crippen LogP contribution is -0.974. The Balaban J connectivity index is -0.00000000200. The maximum atomic E-state index is 2.32. The van der Waals surface area contributed by atoms with Gasteiger partial charge in [-0.2, -0.15) is 0 Å². The molecule has 0 rings (SSSR count). The van der Waals surface area contributed by atoms with E-state index in [0.717, 1.165) is 6.22 Å². The van der Waals surface area contributed by atoms with Crippen LogP contribution >= 0.6 is 28.3 Å². The fraction of sp³-hybridized carbons (Fsp3) is 1.00. The van der Waals surface area contributed by atoms with E-state index in [9.17, 15) is 0 Å². The number of hydrogen-bond donors (Lipinski definition) is 0. The van der Waals surface area contributed by atoms with Crippen LogP contribution in [0.25, 0.3) is 0 Å². The zero-order chi connectivity index (χ0) is 2.71. The van der Waals surface area contributed by atoms with Gasteiger partial charge in [0.25, 0.3) is 0 Å². The van der Waals surface area contributed by atoms with Gasteiger partial charge >= 0.3 is 0 Å². The van der Waals surface area contributed by atoms with Crippen LogP contribution in [0.5, 0.6) is 0 Å². The zero-order valence-corrected chi connectivity index (χ0v) is 5.04. The summed E-state index contributed by atoms with van der Waals surface area (Å²) in [7, 11) is 0. The average Bonchev–Trinajstić information content (AvgIpc) is 0.918. The molecule has 8 heavy (non-hydrogen) atoms. The van der Waals surface area contributed by atoms with Gasteiger partial charge in [0.15, 0.2) is 0 Å². The molecular formula is C6H24IP. The van der Waals surface area contributed by atoms with Crippen LogP contribution in [0.4, 0.5) is 0 Å². The minimum Gasteiger partial charge on any atom is -0.0776 e. The molecule has 0 nitrogen and oxygen atoms in total. The van der Waals surface area contributed by atoms with Gasteiger partial charge in [-0.3, -0.25) is 0 Å². The highest BCUT2D eigenvalue weighted by Crippen LogP contribution is 2.11. The van der Waals surface area contributed by atoms with Gasteiger partial charge in [0.05, 0.1) is 0 Å². The SMILES string of the molecule is C.C.C.C.C.CPI. The van der Waals surface area contributed by atoms with Gasteiger partial charge in [0.1, 0.15) is 0 Å². The minimum absolute atomic E-state index is 0. The quantitative estimate of drug-likeness (QED) is 0.429. The molecule has 0 aliphatic rings. The zero-order valence-electron chi connectivity index (χ0n) is 1.88. The normalized spacial score (nSPS) is 3.75. The van der Waals surface area contributed by atoms with Crippen LogP contribution in [-0.4, -0.2) is 6.66 Å². The van der Waals surface area contributed by atoms with Crippen molar-refractivity contribution in [1.29, 1.82) is 0 Å². The van der Waals surface area contributed by atoms with Crippen LogP contribution in [0, 0.1) is 0 Å².